The van der Waals surface area contributed by atoms with Crippen molar-refractivity contribution in [2.45, 2.75) is 44.8 Å². The van der Waals surface area contributed by atoms with Gasteiger partial charge in [0.25, 0.3) is 5.91 Å². The molecular weight excluding hydrogens is 208 g/mol. The van der Waals surface area contributed by atoms with E-state index in [0.29, 0.717) is 6.54 Å². The van der Waals surface area contributed by atoms with Crippen LogP contribution in [0.25, 0.3) is 0 Å². The van der Waals surface area contributed by atoms with Crippen LogP contribution in [0.15, 0.2) is 0 Å². The number of hydrogen-bond donors (Lipinski definition) is 0. The van der Waals surface area contributed by atoms with Gasteiger partial charge in [0.2, 0.25) is 0 Å². The van der Waals surface area contributed by atoms with Gasteiger partial charge in [-0.15, -0.1) is 0 Å². The molecule has 0 saturated carbocycles. The van der Waals surface area contributed by atoms with Gasteiger partial charge in [-0.1, -0.05) is 0 Å². The van der Waals surface area contributed by atoms with E-state index in [2.05, 4.69) is 0 Å². The topological polar surface area (TPSA) is 42.0 Å². The van der Waals surface area contributed by atoms with Crippen LogP contribution < -0.4 is 0 Å². The monoisotopic (exact) mass is 228 g/mol. The van der Waals surface area contributed by atoms with Gasteiger partial charge < -0.3 is 0 Å². The van der Waals surface area contributed by atoms with Crippen molar-refractivity contribution in [2.75, 3.05) is 20.1 Å². The van der Waals surface area contributed by atoms with Crippen molar-refractivity contribution in [2.24, 2.45) is 0 Å². The van der Waals surface area contributed by atoms with Gasteiger partial charge in [0.15, 0.2) is 6.10 Å². The molecule has 0 aromatic heterocycles. The third-order valence-electron chi connectivity index (χ3n) is 3.05. The molecule has 2 aliphatic heterocycles. The van der Waals surface area contributed by atoms with E-state index in [0.717, 1.165) is 32.2 Å². The number of carbonyl (C=O) groups is 1. The van der Waals surface area contributed by atoms with Gasteiger partial charge in [-0.3, -0.25) is 14.5 Å². The zero-order valence-electron chi connectivity index (χ0n) is 10.0. The Morgan fingerprint density at radius 2 is 1.94 bits per heavy atom. The predicted molar refractivity (Wildman–Crippen MR) is 58.2 cm³/mol. The lowest BCUT2D eigenvalue weighted by molar-refractivity contribution is -0.252. The minimum Gasteiger partial charge on any atom is -0.286 e. The van der Waals surface area contributed by atoms with Crippen molar-refractivity contribution in [3.05, 3.63) is 0 Å². The van der Waals surface area contributed by atoms with E-state index >= 15 is 0 Å². The molecule has 0 aliphatic carbocycles. The summed E-state index contributed by atoms with van der Waals surface area (Å²) in [5, 5.41) is 3.22. The van der Waals surface area contributed by atoms with Crippen LogP contribution in [0.5, 0.6) is 0 Å². The lowest BCUT2D eigenvalue weighted by Gasteiger charge is -2.35. The maximum Gasteiger partial charge on any atom is 0.277 e. The first kappa shape index (κ1) is 11.8. The zero-order valence-corrected chi connectivity index (χ0v) is 10.0. The largest absolute Gasteiger partial charge is 0.286 e. The predicted octanol–water partition coefficient (Wildman–Crippen LogP) is 0.955. The molecule has 2 rings (SSSR count). The summed E-state index contributed by atoms with van der Waals surface area (Å²) < 4.78 is 0. The fourth-order valence-electron chi connectivity index (χ4n) is 2.16. The van der Waals surface area contributed by atoms with E-state index in [9.17, 15) is 4.79 Å². The summed E-state index contributed by atoms with van der Waals surface area (Å²) in [6, 6.07) is 0. The molecule has 2 fully saturated rings. The van der Waals surface area contributed by atoms with Crippen LogP contribution in [-0.4, -0.2) is 48.4 Å². The van der Waals surface area contributed by atoms with Crippen molar-refractivity contribution < 1.29 is 14.5 Å². The second-order valence-electron chi connectivity index (χ2n) is 4.59. The second-order valence-corrected chi connectivity index (χ2v) is 4.59. The SMILES string of the molecule is CC1CCCN(C(=O)C2CCCN(C)O2)O1. The summed E-state index contributed by atoms with van der Waals surface area (Å²) in [6.45, 7) is 3.57. The number of carbonyl (C=O) groups excluding carboxylic acids is 1. The average molecular weight is 228 g/mol. The molecule has 0 bridgehead atoms. The van der Waals surface area contributed by atoms with Crippen LogP contribution in [0, 0.1) is 0 Å². The number of rotatable bonds is 1. The molecule has 0 spiro atoms. The molecule has 0 aromatic carbocycles. The van der Waals surface area contributed by atoms with E-state index in [4.69, 9.17) is 9.68 Å². The van der Waals surface area contributed by atoms with Gasteiger partial charge in [-0.2, -0.15) is 5.06 Å². The number of nitrogens with zero attached hydrogens (tertiary/aromatic N) is 2. The fourth-order valence-corrected chi connectivity index (χ4v) is 2.16. The lowest BCUT2D eigenvalue weighted by atomic mass is 10.1. The van der Waals surface area contributed by atoms with Crippen LogP contribution in [0.2, 0.25) is 0 Å². The quantitative estimate of drug-likeness (QED) is 0.670. The van der Waals surface area contributed by atoms with Crippen LogP contribution >= 0.6 is 0 Å². The highest BCUT2D eigenvalue weighted by molar-refractivity contribution is 5.80. The Balaban J connectivity index is 1.90. The molecule has 5 heteroatoms. The third kappa shape index (κ3) is 2.72. The molecule has 2 atom stereocenters. The van der Waals surface area contributed by atoms with Crippen molar-refractivity contribution >= 4 is 5.91 Å². The highest BCUT2D eigenvalue weighted by Gasteiger charge is 2.32. The van der Waals surface area contributed by atoms with Crippen molar-refractivity contribution in [1.29, 1.82) is 0 Å². The molecule has 2 unspecified atom stereocenters. The Morgan fingerprint density at radius 3 is 2.62 bits per heavy atom. The molecule has 92 valence electrons. The molecule has 2 heterocycles. The molecule has 2 aliphatic rings. The van der Waals surface area contributed by atoms with Crippen LogP contribution in [-0.2, 0) is 14.5 Å². The van der Waals surface area contributed by atoms with E-state index in [1.807, 2.05) is 14.0 Å². The Bertz CT molecular complexity index is 236. The zero-order chi connectivity index (χ0) is 11.5. The van der Waals surface area contributed by atoms with E-state index in [-0.39, 0.29) is 18.1 Å². The fraction of sp³-hybridized carbons (Fsp3) is 0.909. The van der Waals surface area contributed by atoms with E-state index < -0.39 is 0 Å². The Labute approximate surface area is 96.2 Å². The number of amides is 1. The van der Waals surface area contributed by atoms with Gasteiger partial charge in [0.1, 0.15) is 0 Å². The summed E-state index contributed by atoms with van der Waals surface area (Å²) in [5.41, 5.74) is 0. The van der Waals surface area contributed by atoms with Crippen LogP contribution in [0.3, 0.4) is 0 Å². The highest BCUT2D eigenvalue weighted by atomic mass is 16.7. The minimum absolute atomic E-state index is 0.0295. The summed E-state index contributed by atoms with van der Waals surface area (Å²) in [6.07, 6.45) is 3.60. The first-order valence-corrected chi connectivity index (χ1v) is 6.03. The van der Waals surface area contributed by atoms with Gasteiger partial charge in [0.05, 0.1) is 6.10 Å². The first-order chi connectivity index (χ1) is 7.66. The second kappa shape index (κ2) is 5.12. The molecular formula is C11H20N2O3. The maximum atomic E-state index is 12.1. The third-order valence-corrected chi connectivity index (χ3v) is 3.05. The molecule has 0 aromatic rings. The first-order valence-electron chi connectivity index (χ1n) is 6.03. The summed E-state index contributed by atoms with van der Waals surface area (Å²) in [5.74, 6) is -0.0295. The van der Waals surface area contributed by atoms with Gasteiger partial charge in [-0.25, -0.2) is 5.06 Å². The van der Waals surface area contributed by atoms with Gasteiger partial charge in [-0.05, 0) is 32.6 Å². The smallest absolute Gasteiger partial charge is 0.277 e. The van der Waals surface area contributed by atoms with E-state index in [1.54, 1.807) is 5.06 Å². The maximum absolute atomic E-state index is 12.1. The highest BCUT2D eigenvalue weighted by Crippen LogP contribution is 2.19. The van der Waals surface area contributed by atoms with Crippen molar-refractivity contribution in [3.63, 3.8) is 0 Å². The molecule has 5 nitrogen and oxygen atoms in total. The number of hydroxylamine groups is 4. The number of hydrogen-bond acceptors (Lipinski definition) is 4. The molecule has 2 saturated heterocycles. The molecule has 0 N–H and O–H groups in total. The Morgan fingerprint density at radius 1 is 1.19 bits per heavy atom. The summed E-state index contributed by atoms with van der Waals surface area (Å²) in [7, 11) is 1.86. The van der Waals surface area contributed by atoms with Crippen molar-refractivity contribution in [3.8, 4) is 0 Å². The average Bonchev–Trinajstić information content (AvgIpc) is 2.28. The Kier molecular flexibility index (Phi) is 3.78. The lowest BCUT2D eigenvalue weighted by Crippen LogP contribution is -2.48. The summed E-state index contributed by atoms with van der Waals surface area (Å²) in [4.78, 5) is 23.1. The van der Waals surface area contributed by atoms with Crippen LogP contribution in [0.4, 0.5) is 0 Å². The molecule has 0 radical (unpaired) electrons. The minimum atomic E-state index is -0.357. The Hall–Kier alpha value is -0.650. The van der Waals surface area contributed by atoms with Gasteiger partial charge in [0, 0.05) is 20.1 Å². The standard InChI is InChI=1S/C11H20N2O3/c1-9-5-3-8-13(15-9)11(14)10-6-4-7-12(2)16-10/h9-10H,3-8H2,1-2H3. The van der Waals surface area contributed by atoms with Crippen molar-refractivity contribution in [1.82, 2.24) is 10.1 Å². The van der Waals surface area contributed by atoms with E-state index in [1.165, 1.54) is 5.06 Å². The molecule has 16 heavy (non-hydrogen) atoms. The van der Waals surface area contributed by atoms with Gasteiger partial charge >= 0.3 is 0 Å². The summed E-state index contributed by atoms with van der Waals surface area (Å²) >= 11 is 0. The van der Waals surface area contributed by atoms with Crippen LogP contribution in [0.1, 0.15) is 32.6 Å². The normalized spacial score (nSPS) is 32.8. The molecule has 1 amide bonds.